The Morgan fingerprint density at radius 1 is 0.475 bits per heavy atom. The summed E-state index contributed by atoms with van der Waals surface area (Å²) in [5.41, 5.74) is 5.53. The average Bonchev–Trinajstić information content (AvgIpc) is 3.81. The predicted molar refractivity (Wildman–Crippen MR) is 157 cm³/mol. The summed E-state index contributed by atoms with van der Waals surface area (Å²) >= 11 is 0. The first-order valence-corrected chi connectivity index (χ1v) is 12.3. The normalized spacial score (nSPS) is 11.1. The smallest absolute Gasteiger partial charge is 0.326 e. The Balaban J connectivity index is 0.000000392. The van der Waals surface area contributed by atoms with Crippen LogP contribution < -0.4 is 0 Å². The van der Waals surface area contributed by atoms with E-state index in [1.165, 1.54) is 0 Å². The van der Waals surface area contributed by atoms with Gasteiger partial charge in [0.15, 0.2) is 0 Å². The van der Waals surface area contributed by atoms with Gasteiger partial charge in [0.2, 0.25) is 0 Å². The zero-order chi connectivity index (χ0) is 26.1. The average molecular weight is 598 g/mol. The van der Waals surface area contributed by atoms with Gasteiger partial charge in [-0.15, -0.1) is 35.1 Å². The maximum atomic E-state index is 4.28. The Labute approximate surface area is 260 Å². The summed E-state index contributed by atoms with van der Waals surface area (Å²) in [7, 11) is 0. The van der Waals surface area contributed by atoms with Crippen LogP contribution in [-0.4, -0.2) is 0 Å². The zero-order valence-electron chi connectivity index (χ0n) is 21.6. The molecule has 196 valence electrons. The van der Waals surface area contributed by atoms with Gasteiger partial charge in [-0.2, -0.15) is 89.5 Å². The summed E-state index contributed by atoms with van der Waals surface area (Å²) in [6.45, 7) is 0. The van der Waals surface area contributed by atoms with E-state index in [2.05, 4.69) is 33.9 Å². The Kier molecular flexibility index (Phi) is 15.7. The molecule has 5 aromatic carbocycles. The third-order valence-electron chi connectivity index (χ3n) is 5.15. The van der Waals surface area contributed by atoms with Crippen LogP contribution in [0.1, 0.15) is 22.3 Å². The summed E-state index contributed by atoms with van der Waals surface area (Å²) in [6, 6.07) is 41.4. The SMILES string of the molecule is C(#Cc1ccc[cH-]1)c1ccc(N=Nc2ccc(C#Cc3ccc[cH-]3)cc2)cc1.[CH]1[CH][CH][CH-][CH]1.[Fe+2].[Fe+2].c1cc[cH-]c1. The third-order valence-corrected chi connectivity index (χ3v) is 5.15. The second-order valence-electron chi connectivity index (χ2n) is 8.07. The number of nitrogens with zero attached hydrogens (tertiary/aromatic N) is 2. The maximum Gasteiger partial charge on any atom is 2.00 e. The second kappa shape index (κ2) is 19.3. The molecule has 1 fully saturated rings. The largest absolute Gasteiger partial charge is 2.00 e. The van der Waals surface area contributed by atoms with E-state index >= 15 is 0 Å². The van der Waals surface area contributed by atoms with Crippen LogP contribution in [0.4, 0.5) is 11.4 Å². The molecule has 1 aliphatic carbocycles. The summed E-state index contributed by atoms with van der Waals surface area (Å²) in [5.74, 6) is 12.5. The van der Waals surface area contributed by atoms with Gasteiger partial charge in [0.1, 0.15) is 0 Å². The van der Waals surface area contributed by atoms with Crippen molar-refractivity contribution in [1.29, 1.82) is 0 Å². The van der Waals surface area contributed by atoms with Crippen LogP contribution in [0, 0.1) is 55.8 Å². The van der Waals surface area contributed by atoms with E-state index in [1.54, 1.807) is 0 Å². The topological polar surface area (TPSA) is 24.7 Å². The quantitative estimate of drug-likeness (QED) is 0.0841. The van der Waals surface area contributed by atoms with E-state index in [0.717, 1.165) is 33.6 Å². The van der Waals surface area contributed by atoms with Gasteiger partial charge < -0.3 is 6.42 Å². The van der Waals surface area contributed by atoms with Gasteiger partial charge in [0, 0.05) is 11.1 Å². The van der Waals surface area contributed by atoms with Crippen molar-refractivity contribution < 1.29 is 34.1 Å². The molecule has 0 spiro atoms. The molecule has 0 amide bonds. The number of benzene rings is 2. The van der Waals surface area contributed by atoms with Crippen molar-refractivity contribution >= 4 is 11.4 Å². The monoisotopic (exact) mass is 598 g/mol. The molecule has 0 aromatic heterocycles. The van der Waals surface area contributed by atoms with E-state index in [0.29, 0.717) is 0 Å². The molecule has 6 rings (SSSR count). The fourth-order valence-corrected chi connectivity index (χ4v) is 3.18. The molecule has 40 heavy (non-hydrogen) atoms. The zero-order valence-corrected chi connectivity index (χ0v) is 23.8. The van der Waals surface area contributed by atoms with E-state index in [4.69, 9.17) is 0 Å². The van der Waals surface area contributed by atoms with Gasteiger partial charge in [-0.3, -0.25) is 0 Å². The van der Waals surface area contributed by atoms with E-state index in [9.17, 15) is 0 Å². The molecule has 0 bridgehead atoms. The molecule has 0 N–H and O–H groups in total. The number of azo groups is 1. The molecule has 2 nitrogen and oxygen atoms in total. The summed E-state index contributed by atoms with van der Waals surface area (Å²) in [5, 5.41) is 8.57. The van der Waals surface area contributed by atoms with Crippen LogP contribution in [0.15, 0.2) is 138 Å². The number of rotatable bonds is 2. The first-order valence-electron chi connectivity index (χ1n) is 12.3. The predicted octanol–water partition coefficient (Wildman–Crippen LogP) is 8.76. The van der Waals surface area contributed by atoms with Crippen molar-refractivity contribution in [1.82, 2.24) is 0 Å². The molecule has 5 aromatic rings. The summed E-state index contributed by atoms with van der Waals surface area (Å²) in [4.78, 5) is 0. The van der Waals surface area contributed by atoms with Gasteiger partial charge in [0.25, 0.3) is 0 Å². The standard InChI is InChI=1S/C26H16N2.2C5H5.2Fe/c1-2-6-21(5-1)9-11-23-13-17-25(18-14-23)27-28-26-19-15-24(16-20-26)12-10-22-7-3-4-8-22;2*1-2-4-5-3-1;;/h1-8,13-20H;2*1-5H;;/q-2;2*-1;2*+2. The molecule has 0 aliphatic heterocycles. The molecular formula is C36H26Fe2N2. The minimum absolute atomic E-state index is 0. The van der Waals surface area contributed by atoms with Crippen molar-refractivity contribution in [2.24, 2.45) is 10.2 Å². The Bertz CT molecular complexity index is 1330. The van der Waals surface area contributed by atoms with Gasteiger partial charge in [0.05, 0.1) is 11.4 Å². The minimum Gasteiger partial charge on any atom is -0.326 e. The van der Waals surface area contributed by atoms with Gasteiger partial charge in [-0.1, -0.05) is 12.8 Å². The van der Waals surface area contributed by atoms with Gasteiger partial charge >= 0.3 is 34.1 Å². The molecule has 0 unspecified atom stereocenters. The van der Waals surface area contributed by atoms with Crippen LogP contribution in [0.2, 0.25) is 0 Å². The molecule has 1 aliphatic rings. The van der Waals surface area contributed by atoms with Crippen molar-refractivity contribution in [2.45, 2.75) is 0 Å². The number of hydrogen-bond acceptors (Lipinski definition) is 2. The Morgan fingerprint density at radius 3 is 1.23 bits per heavy atom. The van der Waals surface area contributed by atoms with Crippen molar-refractivity contribution in [2.75, 3.05) is 0 Å². The third kappa shape index (κ3) is 12.4. The summed E-state index contributed by atoms with van der Waals surface area (Å²) < 4.78 is 0. The molecule has 0 saturated heterocycles. The Hall–Kier alpha value is -3.75. The minimum atomic E-state index is 0. The van der Waals surface area contributed by atoms with E-state index in [-0.39, 0.29) is 34.1 Å². The first kappa shape index (κ1) is 32.5. The van der Waals surface area contributed by atoms with Gasteiger partial charge in [-0.05, 0) is 48.5 Å². The maximum absolute atomic E-state index is 4.28. The van der Waals surface area contributed by atoms with Crippen LogP contribution in [0.3, 0.4) is 0 Å². The molecule has 4 heteroatoms. The van der Waals surface area contributed by atoms with Crippen LogP contribution >= 0.6 is 0 Å². The van der Waals surface area contributed by atoms with E-state index in [1.807, 2.05) is 159 Å². The number of hydrogen-bond donors (Lipinski definition) is 0. The second-order valence-corrected chi connectivity index (χ2v) is 8.07. The van der Waals surface area contributed by atoms with Crippen LogP contribution in [0.25, 0.3) is 0 Å². The van der Waals surface area contributed by atoms with Crippen LogP contribution in [0.5, 0.6) is 0 Å². The van der Waals surface area contributed by atoms with Gasteiger partial charge in [-0.25, -0.2) is 12.1 Å². The summed E-state index contributed by atoms with van der Waals surface area (Å²) in [6.07, 6.45) is 10.0. The van der Waals surface area contributed by atoms with E-state index < -0.39 is 0 Å². The fourth-order valence-electron chi connectivity index (χ4n) is 3.18. The molecule has 0 atom stereocenters. The molecule has 0 heterocycles. The first-order chi connectivity index (χ1) is 18.8. The fraction of sp³-hybridized carbons (Fsp3) is 0. The Morgan fingerprint density at radius 2 is 0.925 bits per heavy atom. The van der Waals surface area contributed by atoms with Crippen molar-refractivity contribution in [3.8, 4) is 23.7 Å². The molecular weight excluding hydrogens is 572 g/mol. The van der Waals surface area contributed by atoms with Crippen molar-refractivity contribution in [3.05, 3.63) is 182 Å². The van der Waals surface area contributed by atoms with Crippen molar-refractivity contribution in [3.63, 3.8) is 0 Å². The molecule has 4 radical (unpaired) electrons. The molecule has 1 saturated carbocycles. The van der Waals surface area contributed by atoms with Crippen LogP contribution in [-0.2, 0) is 34.1 Å².